The monoisotopic (exact) mass is 501 g/mol. The van der Waals surface area contributed by atoms with Crippen LogP contribution in [0.2, 0.25) is 0 Å². The number of benzene rings is 2. The van der Waals surface area contributed by atoms with Crippen molar-refractivity contribution in [3.63, 3.8) is 0 Å². The number of fused-ring (bicyclic) bond motifs is 1. The maximum atomic E-state index is 13.6. The first-order chi connectivity index (χ1) is 17.0. The predicted octanol–water partition coefficient (Wildman–Crippen LogP) is 4.25. The van der Waals surface area contributed by atoms with E-state index in [0.717, 1.165) is 27.4 Å². The number of ether oxygens (including phenoxy) is 1. The topological polar surface area (TPSA) is 72.7 Å². The van der Waals surface area contributed by atoms with Crippen molar-refractivity contribution >= 4 is 40.3 Å². The molecule has 1 aliphatic heterocycles. The second kappa shape index (κ2) is 9.48. The molecule has 0 spiro atoms. The number of aryl methyl sites for hydroxylation is 1. The molecule has 4 aromatic rings. The molecule has 2 aromatic heterocycles. The predicted molar refractivity (Wildman–Crippen MR) is 141 cm³/mol. The zero-order valence-electron chi connectivity index (χ0n) is 19.4. The fourth-order valence-electron chi connectivity index (χ4n) is 4.08. The van der Waals surface area contributed by atoms with Gasteiger partial charge >= 0.3 is 0 Å². The number of para-hydroxylation sites is 1. The summed E-state index contributed by atoms with van der Waals surface area (Å²) in [5, 5.41) is 4.98. The third-order valence-electron chi connectivity index (χ3n) is 5.89. The van der Waals surface area contributed by atoms with Crippen molar-refractivity contribution in [2.45, 2.75) is 19.9 Å². The summed E-state index contributed by atoms with van der Waals surface area (Å²) in [5.41, 5.74) is 3.49. The lowest BCUT2D eigenvalue weighted by Crippen LogP contribution is -2.40. The van der Waals surface area contributed by atoms with E-state index in [-0.39, 0.29) is 11.5 Å². The number of allylic oxidation sites excluding steroid dienone is 1. The molecule has 1 aliphatic rings. The van der Waals surface area contributed by atoms with Crippen molar-refractivity contribution in [3.05, 3.63) is 113 Å². The maximum Gasteiger partial charge on any atom is 0.271 e. The minimum atomic E-state index is -0.548. The number of nitrogens with zero attached hydrogens (tertiary/aromatic N) is 2. The van der Waals surface area contributed by atoms with E-state index < -0.39 is 6.04 Å². The number of aromatic nitrogens is 1. The highest BCUT2D eigenvalue weighted by molar-refractivity contribution is 7.10. The first-order valence-corrected chi connectivity index (χ1v) is 12.7. The van der Waals surface area contributed by atoms with Crippen molar-refractivity contribution in [2.75, 3.05) is 12.4 Å². The van der Waals surface area contributed by atoms with Crippen LogP contribution in [0.15, 0.2) is 87.1 Å². The van der Waals surface area contributed by atoms with E-state index in [1.54, 1.807) is 11.7 Å². The number of thiophene rings is 1. The minimum Gasteiger partial charge on any atom is -0.497 e. The van der Waals surface area contributed by atoms with Crippen LogP contribution in [0, 0.1) is 6.92 Å². The molecular weight excluding hydrogens is 478 g/mol. The van der Waals surface area contributed by atoms with Crippen molar-refractivity contribution in [2.24, 2.45) is 4.99 Å². The fourth-order valence-corrected chi connectivity index (χ4v) is 5.95. The van der Waals surface area contributed by atoms with Crippen LogP contribution in [0.4, 0.5) is 5.69 Å². The van der Waals surface area contributed by atoms with Crippen LogP contribution in [0.25, 0.3) is 6.08 Å². The molecule has 0 aliphatic carbocycles. The summed E-state index contributed by atoms with van der Waals surface area (Å²) < 4.78 is 7.43. The zero-order chi connectivity index (χ0) is 24.5. The van der Waals surface area contributed by atoms with Gasteiger partial charge < -0.3 is 10.1 Å². The molecule has 1 N–H and O–H groups in total. The summed E-state index contributed by atoms with van der Waals surface area (Å²) in [6.07, 6.45) is 1.85. The molecule has 5 rings (SSSR count). The molecule has 0 saturated heterocycles. The Labute approximate surface area is 210 Å². The molecule has 6 nitrogen and oxygen atoms in total. The molecule has 0 fully saturated rings. The third-order valence-corrected chi connectivity index (χ3v) is 7.79. The number of nitrogens with one attached hydrogen (secondary N) is 1. The van der Waals surface area contributed by atoms with Crippen LogP contribution in [0.5, 0.6) is 5.75 Å². The average molecular weight is 502 g/mol. The van der Waals surface area contributed by atoms with Gasteiger partial charge in [0.05, 0.1) is 22.9 Å². The number of rotatable bonds is 5. The smallest absolute Gasteiger partial charge is 0.271 e. The van der Waals surface area contributed by atoms with E-state index in [9.17, 15) is 9.59 Å². The second-order valence-electron chi connectivity index (χ2n) is 8.14. The number of hydrogen-bond donors (Lipinski definition) is 1. The number of methoxy groups -OCH3 is 1. The first kappa shape index (κ1) is 23.0. The summed E-state index contributed by atoms with van der Waals surface area (Å²) in [6.45, 7) is 3.77. The van der Waals surface area contributed by atoms with Crippen molar-refractivity contribution in [1.82, 2.24) is 4.57 Å². The molecule has 8 heteroatoms. The van der Waals surface area contributed by atoms with E-state index in [1.165, 1.54) is 22.7 Å². The molecule has 0 radical (unpaired) electrons. The molecular formula is C27H23N3O3S2. The maximum absolute atomic E-state index is 13.6. The Kier molecular flexibility index (Phi) is 6.23. The Balaban J connectivity index is 1.62. The Morgan fingerprint density at radius 3 is 2.54 bits per heavy atom. The van der Waals surface area contributed by atoms with Gasteiger partial charge in [-0.1, -0.05) is 47.7 Å². The third kappa shape index (κ3) is 4.38. The average Bonchev–Trinajstić information content (AvgIpc) is 3.49. The lowest BCUT2D eigenvalue weighted by atomic mass is 10.0. The van der Waals surface area contributed by atoms with E-state index in [4.69, 9.17) is 4.74 Å². The van der Waals surface area contributed by atoms with Crippen molar-refractivity contribution < 1.29 is 9.53 Å². The summed E-state index contributed by atoms with van der Waals surface area (Å²) in [5.74, 6) is 0.490. The number of amides is 1. The van der Waals surface area contributed by atoms with Gasteiger partial charge in [-0.2, -0.15) is 0 Å². The highest BCUT2D eigenvalue weighted by atomic mass is 32.1. The fraction of sp³-hybridized carbons (Fsp3) is 0.148. The number of carbonyl (C=O) groups excluding carboxylic acids is 1. The Bertz CT molecular complexity index is 1610. The van der Waals surface area contributed by atoms with Gasteiger partial charge in [0.15, 0.2) is 4.80 Å². The van der Waals surface area contributed by atoms with Gasteiger partial charge in [0.1, 0.15) is 11.8 Å². The van der Waals surface area contributed by atoms with Gasteiger partial charge in [-0.3, -0.25) is 14.2 Å². The van der Waals surface area contributed by atoms with Crippen LogP contribution in [0.1, 0.15) is 29.0 Å². The zero-order valence-corrected chi connectivity index (χ0v) is 21.1. The molecule has 1 amide bonds. The Hall–Kier alpha value is -3.75. The number of hydrogen-bond acceptors (Lipinski definition) is 6. The lowest BCUT2D eigenvalue weighted by molar-refractivity contribution is -0.113. The van der Waals surface area contributed by atoms with Crippen LogP contribution in [0.3, 0.4) is 0 Å². The van der Waals surface area contributed by atoms with E-state index in [2.05, 4.69) is 10.3 Å². The van der Waals surface area contributed by atoms with Crippen molar-refractivity contribution in [3.8, 4) is 5.75 Å². The van der Waals surface area contributed by atoms with Crippen LogP contribution < -0.4 is 24.9 Å². The number of thiazole rings is 1. The molecule has 176 valence electrons. The highest BCUT2D eigenvalue weighted by Gasteiger charge is 2.33. The van der Waals surface area contributed by atoms with Gasteiger partial charge in [0.25, 0.3) is 11.5 Å². The van der Waals surface area contributed by atoms with Crippen molar-refractivity contribution in [1.29, 1.82) is 0 Å². The summed E-state index contributed by atoms with van der Waals surface area (Å²) in [4.78, 5) is 33.4. The Morgan fingerprint density at radius 2 is 1.86 bits per heavy atom. The lowest BCUT2D eigenvalue weighted by Gasteiger charge is -2.24. The van der Waals surface area contributed by atoms with E-state index in [0.29, 0.717) is 20.6 Å². The van der Waals surface area contributed by atoms with Gasteiger partial charge in [-0.25, -0.2) is 4.99 Å². The molecule has 35 heavy (non-hydrogen) atoms. The van der Waals surface area contributed by atoms with Crippen LogP contribution >= 0.6 is 22.7 Å². The highest BCUT2D eigenvalue weighted by Crippen LogP contribution is 2.33. The molecule has 0 unspecified atom stereocenters. The second-order valence-corrected chi connectivity index (χ2v) is 10.1. The molecule has 0 saturated carbocycles. The van der Waals surface area contributed by atoms with Gasteiger partial charge in [0.2, 0.25) is 0 Å². The number of anilines is 1. The van der Waals surface area contributed by atoms with E-state index in [1.807, 2.05) is 86.0 Å². The molecule has 1 atom stereocenters. The van der Waals surface area contributed by atoms with Crippen LogP contribution in [-0.4, -0.2) is 17.6 Å². The van der Waals surface area contributed by atoms with Gasteiger partial charge in [-0.05, 0) is 60.7 Å². The summed E-state index contributed by atoms with van der Waals surface area (Å²) in [6, 6.07) is 18.5. The minimum absolute atomic E-state index is 0.170. The molecule has 3 heterocycles. The van der Waals surface area contributed by atoms with Crippen LogP contribution in [-0.2, 0) is 4.79 Å². The quantitative estimate of drug-likeness (QED) is 0.444. The SMILES string of the molecule is COc1ccc(/C=c2/sc3n(c2=O)[C@H](c2cccs2)C(C(=O)Nc2ccccc2C)=C(C)N=3)cc1. The first-order valence-electron chi connectivity index (χ1n) is 11.0. The standard InChI is InChI=1S/C27H23N3O3S2/c1-16-7-4-5-8-20(16)29-25(31)23-17(2)28-27-30(24(23)21-9-6-14-34-21)26(32)22(35-27)15-18-10-12-19(33-3)13-11-18/h4-15,24H,1-3H3,(H,29,31)/b22-15+/t24-/m1/s1. The summed E-state index contributed by atoms with van der Waals surface area (Å²) in [7, 11) is 1.62. The normalized spacial score (nSPS) is 15.5. The molecule has 2 aromatic carbocycles. The van der Waals surface area contributed by atoms with E-state index >= 15 is 0 Å². The Morgan fingerprint density at radius 1 is 1.09 bits per heavy atom. The molecule has 0 bridgehead atoms. The largest absolute Gasteiger partial charge is 0.497 e. The van der Waals surface area contributed by atoms with Gasteiger partial charge in [0, 0.05) is 10.6 Å². The van der Waals surface area contributed by atoms with Gasteiger partial charge in [-0.15, -0.1) is 11.3 Å². The number of carbonyl (C=O) groups is 1. The summed E-state index contributed by atoms with van der Waals surface area (Å²) >= 11 is 2.84.